The van der Waals surface area contributed by atoms with Gasteiger partial charge in [0.15, 0.2) is 0 Å². The van der Waals surface area contributed by atoms with Crippen molar-refractivity contribution in [2.45, 2.75) is 13.2 Å². The van der Waals surface area contributed by atoms with E-state index in [-0.39, 0.29) is 6.29 Å². The molecular weight excluding hydrogens is 242 g/mol. The molecule has 0 aromatic carbocycles. The standard InChI is InChI=1S/C11H13NO2S2/c1-7-4-15-5-8(7)10-12-9(6-16-10)11(13-2)14-3/h4-6,11H,1-3H3. The fraction of sp³-hybridized carbons (Fsp3) is 0.364. The third-order valence-electron chi connectivity index (χ3n) is 2.28. The first-order valence-electron chi connectivity index (χ1n) is 4.80. The molecule has 0 N–H and O–H groups in total. The number of aromatic nitrogens is 1. The largest absolute Gasteiger partial charge is 0.350 e. The van der Waals surface area contributed by atoms with Crippen LogP contribution in [0.5, 0.6) is 0 Å². The Hall–Kier alpha value is -0.750. The van der Waals surface area contributed by atoms with E-state index in [0.29, 0.717) is 0 Å². The lowest BCUT2D eigenvalue weighted by molar-refractivity contribution is -0.108. The Labute approximate surface area is 103 Å². The number of aryl methyl sites for hydroxylation is 1. The molecule has 0 saturated carbocycles. The molecule has 0 aliphatic carbocycles. The highest BCUT2D eigenvalue weighted by Crippen LogP contribution is 2.31. The third-order valence-corrected chi connectivity index (χ3v) is 4.03. The number of hydrogen-bond acceptors (Lipinski definition) is 5. The van der Waals surface area contributed by atoms with Gasteiger partial charge in [-0.25, -0.2) is 4.98 Å². The van der Waals surface area contributed by atoms with E-state index in [1.54, 1.807) is 36.9 Å². The molecule has 0 saturated heterocycles. The minimum Gasteiger partial charge on any atom is -0.350 e. The second-order valence-corrected chi connectivity index (χ2v) is 4.95. The molecule has 3 nitrogen and oxygen atoms in total. The van der Waals surface area contributed by atoms with E-state index in [0.717, 1.165) is 10.7 Å². The second kappa shape index (κ2) is 5.05. The SMILES string of the molecule is COC(OC)c1csc(-c2cscc2C)n1. The molecule has 0 bridgehead atoms. The van der Waals surface area contributed by atoms with E-state index >= 15 is 0 Å². The topological polar surface area (TPSA) is 31.4 Å². The van der Waals surface area contributed by atoms with Crippen molar-refractivity contribution < 1.29 is 9.47 Å². The van der Waals surface area contributed by atoms with E-state index in [1.165, 1.54) is 11.1 Å². The van der Waals surface area contributed by atoms with Crippen LogP contribution in [0.1, 0.15) is 17.5 Å². The summed E-state index contributed by atoms with van der Waals surface area (Å²) in [5, 5.41) is 7.24. The number of methoxy groups -OCH3 is 2. The molecule has 5 heteroatoms. The summed E-state index contributed by atoms with van der Waals surface area (Å²) in [5.74, 6) is 0. The van der Waals surface area contributed by atoms with Gasteiger partial charge < -0.3 is 9.47 Å². The van der Waals surface area contributed by atoms with Crippen molar-refractivity contribution in [3.05, 3.63) is 27.4 Å². The van der Waals surface area contributed by atoms with Gasteiger partial charge in [-0.05, 0) is 17.9 Å². The molecule has 0 atom stereocenters. The highest BCUT2D eigenvalue weighted by molar-refractivity contribution is 7.14. The van der Waals surface area contributed by atoms with E-state index in [4.69, 9.17) is 9.47 Å². The van der Waals surface area contributed by atoms with Crippen molar-refractivity contribution in [1.29, 1.82) is 0 Å². The predicted molar refractivity (Wildman–Crippen MR) is 66.9 cm³/mol. The van der Waals surface area contributed by atoms with Gasteiger partial charge in [0.2, 0.25) is 6.29 Å². The molecule has 2 rings (SSSR count). The molecule has 0 unspecified atom stereocenters. The predicted octanol–water partition coefficient (Wildman–Crippen LogP) is 3.47. The van der Waals surface area contributed by atoms with Crippen molar-refractivity contribution >= 4 is 22.7 Å². The summed E-state index contributed by atoms with van der Waals surface area (Å²) >= 11 is 3.31. The van der Waals surface area contributed by atoms with Crippen LogP contribution < -0.4 is 0 Å². The summed E-state index contributed by atoms with van der Waals surface area (Å²) < 4.78 is 10.3. The van der Waals surface area contributed by atoms with Gasteiger partial charge in [0.25, 0.3) is 0 Å². The summed E-state index contributed by atoms with van der Waals surface area (Å²) in [4.78, 5) is 4.53. The molecule has 0 aliphatic rings. The van der Waals surface area contributed by atoms with Gasteiger partial charge in [-0.2, -0.15) is 11.3 Å². The van der Waals surface area contributed by atoms with Crippen molar-refractivity contribution in [2.24, 2.45) is 0 Å². The van der Waals surface area contributed by atoms with Crippen LogP contribution in [0.2, 0.25) is 0 Å². The van der Waals surface area contributed by atoms with Crippen LogP contribution in [-0.4, -0.2) is 19.2 Å². The van der Waals surface area contributed by atoms with Gasteiger partial charge >= 0.3 is 0 Å². The maximum absolute atomic E-state index is 5.17. The summed E-state index contributed by atoms with van der Waals surface area (Å²) in [7, 11) is 3.23. The first-order valence-corrected chi connectivity index (χ1v) is 6.62. The first-order chi connectivity index (χ1) is 7.76. The van der Waals surface area contributed by atoms with E-state index < -0.39 is 0 Å². The molecule has 2 aromatic heterocycles. The smallest absolute Gasteiger partial charge is 0.201 e. The fourth-order valence-electron chi connectivity index (χ4n) is 1.44. The van der Waals surface area contributed by atoms with E-state index in [2.05, 4.69) is 22.7 Å². The summed E-state index contributed by atoms with van der Waals surface area (Å²) in [6.45, 7) is 2.09. The minimum absolute atomic E-state index is 0.371. The van der Waals surface area contributed by atoms with Gasteiger partial charge in [-0.15, -0.1) is 11.3 Å². The fourth-order valence-corrected chi connectivity index (χ4v) is 3.24. The Kier molecular flexibility index (Phi) is 3.70. The van der Waals surface area contributed by atoms with Gasteiger partial charge in [0.05, 0.1) is 0 Å². The Morgan fingerprint density at radius 3 is 2.50 bits per heavy atom. The molecule has 16 heavy (non-hydrogen) atoms. The van der Waals surface area contributed by atoms with Crippen LogP contribution in [-0.2, 0) is 9.47 Å². The maximum atomic E-state index is 5.17. The van der Waals surface area contributed by atoms with Crippen LogP contribution in [0.15, 0.2) is 16.1 Å². The lowest BCUT2D eigenvalue weighted by Crippen LogP contribution is -2.03. The summed E-state index contributed by atoms with van der Waals surface area (Å²) in [6, 6.07) is 0. The monoisotopic (exact) mass is 255 g/mol. The Morgan fingerprint density at radius 1 is 1.19 bits per heavy atom. The highest BCUT2D eigenvalue weighted by atomic mass is 32.1. The number of ether oxygens (including phenoxy) is 2. The molecule has 2 heterocycles. The van der Waals surface area contributed by atoms with Crippen LogP contribution in [0.4, 0.5) is 0 Å². The van der Waals surface area contributed by atoms with Crippen molar-refractivity contribution in [3.8, 4) is 10.6 Å². The Balaban J connectivity index is 2.29. The van der Waals surface area contributed by atoms with Crippen LogP contribution in [0.3, 0.4) is 0 Å². The van der Waals surface area contributed by atoms with Crippen molar-refractivity contribution in [1.82, 2.24) is 4.98 Å². The maximum Gasteiger partial charge on any atom is 0.201 e. The number of rotatable bonds is 4. The number of hydrogen-bond donors (Lipinski definition) is 0. The van der Waals surface area contributed by atoms with Crippen LogP contribution in [0, 0.1) is 6.92 Å². The molecule has 0 radical (unpaired) electrons. The van der Waals surface area contributed by atoms with Gasteiger partial charge in [-0.1, -0.05) is 0 Å². The first kappa shape index (κ1) is 11.7. The lowest BCUT2D eigenvalue weighted by Gasteiger charge is -2.09. The van der Waals surface area contributed by atoms with Crippen LogP contribution in [0.25, 0.3) is 10.6 Å². The van der Waals surface area contributed by atoms with Crippen LogP contribution >= 0.6 is 22.7 Å². The number of nitrogens with zero attached hydrogens (tertiary/aromatic N) is 1. The van der Waals surface area contributed by atoms with E-state index in [9.17, 15) is 0 Å². The molecule has 0 spiro atoms. The van der Waals surface area contributed by atoms with Gasteiger partial charge in [0.1, 0.15) is 10.7 Å². The molecule has 0 fully saturated rings. The van der Waals surface area contributed by atoms with Gasteiger partial charge in [0, 0.05) is 30.5 Å². The lowest BCUT2D eigenvalue weighted by atomic mass is 10.2. The second-order valence-electron chi connectivity index (χ2n) is 3.35. The molecule has 0 amide bonds. The highest BCUT2D eigenvalue weighted by Gasteiger charge is 2.15. The number of thiophene rings is 1. The number of thiazole rings is 1. The molecule has 0 aliphatic heterocycles. The molecule has 2 aromatic rings. The Bertz CT molecular complexity index is 460. The normalized spacial score (nSPS) is 11.2. The zero-order valence-electron chi connectivity index (χ0n) is 9.39. The minimum atomic E-state index is -0.371. The summed E-state index contributed by atoms with van der Waals surface area (Å²) in [5.41, 5.74) is 3.29. The van der Waals surface area contributed by atoms with Crippen molar-refractivity contribution in [3.63, 3.8) is 0 Å². The molecule has 86 valence electrons. The third kappa shape index (κ3) is 2.17. The summed E-state index contributed by atoms with van der Waals surface area (Å²) in [6.07, 6.45) is -0.371. The molecular formula is C11H13NO2S2. The zero-order valence-corrected chi connectivity index (χ0v) is 11.0. The van der Waals surface area contributed by atoms with Crippen molar-refractivity contribution in [2.75, 3.05) is 14.2 Å². The quantitative estimate of drug-likeness (QED) is 0.784. The van der Waals surface area contributed by atoms with E-state index in [1.807, 2.05) is 5.38 Å². The average molecular weight is 255 g/mol. The van der Waals surface area contributed by atoms with Gasteiger partial charge in [-0.3, -0.25) is 0 Å². The zero-order chi connectivity index (χ0) is 11.5. The Morgan fingerprint density at radius 2 is 1.94 bits per heavy atom. The average Bonchev–Trinajstić information content (AvgIpc) is 2.89.